The van der Waals surface area contributed by atoms with Crippen LogP contribution in [0.25, 0.3) is 21.9 Å². The first-order chi connectivity index (χ1) is 36.2. The number of non-ortho nitro benzene ring substituents is 1. The van der Waals surface area contributed by atoms with Crippen molar-refractivity contribution >= 4 is 39.9 Å². The van der Waals surface area contributed by atoms with Gasteiger partial charge in [-0.05, 0) is 119 Å². The van der Waals surface area contributed by atoms with Crippen LogP contribution in [0.15, 0.2) is 169 Å². The summed E-state index contributed by atoms with van der Waals surface area (Å²) in [7, 11) is 0. The highest BCUT2D eigenvalue weighted by Crippen LogP contribution is 2.62. The van der Waals surface area contributed by atoms with Gasteiger partial charge in [-0.25, -0.2) is 4.79 Å². The van der Waals surface area contributed by atoms with Crippen LogP contribution in [-0.2, 0) is 27.5 Å². The third-order valence-corrected chi connectivity index (χ3v) is 14.7. The molecule has 1 amide bonds. The van der Waals surface area contributed by atoms with Crippen LogP contribution in [0.5, 0.6) is 17.2 Å². The van der Waals surface area contributed by atoms with Gasteiger partial charge in [0.25, 0.3) is 5.69 Å². The summed E-state index contributed by atoms with van der Waals surface area (Å²) < 4.78 is 27.4. The minimum absolute atomic E-state index is 0.0131. The molecule has 0 radical (unpaired) electrons. The lowest BCUT2D eigenvalue weighted by atomic mass is 9.55. The second-order valence-electron chi connectivity index (χ2n) is 19.0. The molecule has 1 saturated carbocycles. The maximum absolute atomic E-state index is 15.0. The third-order valence-electron chi connectivity index (χ3n) is 14.5. The Morgan fingerprint density at radius 1 is 0.865 bits per heavy atom. The zero-order valence-electron chi connectivity index (χ0n) is 41.3. The zero-order valence-corrected chi connectivity index (χ0v) is 42.1. The van der Waals surface area contributed by atoms with Crippen molar-refractivity contribution in [1.29, 1.82) is 0 Å². The molecule has 1 heterocycles. The summed E-state index contributed by atoms with van der Waals surface area (Å²) in [6.07, 6.45) is 7.69. The predicted octanol–water partition coefficient (Wildman–Crippen LogP) is 12.9. The second kappa shape index (κ2) is 24.3. The van der Waals surface area contributed by atoms with Crippen LogP contribution in [-0.4, -0.2) is 76.0 Å². The minimum Gasteiger partial charge on any atom is -0.459 e. The Morgan fingerprint density at radius 3 is 2.32 bits per heavy atom. The molecule has 1 aliphatic heterocycles. The number of fused-ring (bicyclic) bond motifs is 3. The number of aliphatic hydroxyl groups excluding tert-OH is 2. The Hall–Kier alpha value is -7.03. The van der Waals surface area contributed by atoms with Crippen LogP contribution in [0.3, 0.4) is 0 Å². The molecule has 0 spiro atoms. The molecule has 384 valence electrons. The van der Waals surface area contributed by atoms with Gasteiger partial charge in [0.15, 0.2) is 0 Å². The van der Waals surface area contributed by atoms with Crippen molar-refractivity contribution in [3.05, 3.63) is 191 Å². The summed E-state index contributed by atoms with van der Waals surface area (Å²) in [5, 5.41) is 38.6. The van der Waals surface area contributed by atoms with E-state index in [4.69, 9.17) is 40.5 Å². The van der Waals surface area contributed by atoms with Crippen LogP contribution in [0, 0.1) is 27.9 Å². The van der Waals surface area contributed by atoms with E-state index in [0.29, 0.717) is 41.4 Å². The summed E-state index contributed by atoms with van der Waals surface area (Å²) >= 11 is 6.21. The van der Waals surface area contributed by atoms with Gasteiger partial charge in [-0.2, -0.15) is 0 Å². The number of nitro groups is 1. The van der Waals surface area contributed by atoms with Crippen molar-refractivity contribution < 1.29 is 43.7 Å². The molecule has 6 aromatic carbocycles. The lowest BCUT2D eigenvalue weighted by Gasteiger charge is -2.59. The molecule has 13 nitrogen and oxygen atoms in total. The van der Waals surface area contributed by atoms with Gasteiger partial charge in [0.05, 0.1) is 35.6 Å². The molecule has 6 unspecified atom stereocenters. The summed E-state index contributed by atoms with van der Waals surface area (Å²) in [4.78, 5) is 34.0. The van der Waals surface area contributed by atoms with Gasteiger partial charge in [-0.1, -0.05) is 115 Å². The number of halogens is 1. The van der Waals surface area contributed by atoms with E-state index in [1.165, 1.54) is 12.1 Å². The number of hydrogen-bond acceptors (Lipinski definition) is 11. The molecule has 6 atom stereocenters. The van der Waals surface area contributed by atoms with E-state index >= 15 is 0 Å². The van der Waals surface area contributed by atoms with E-state index < -0.39 is 28.8 Å². The number of nitrogens with zero attached hydrogens (tertiary/aromatic N) is 3. The van der Waals surface area contributed by atoms with E-state index in [2.05, 4.69) is 30.9 Å². The number of carbonyl (C=O) groups excluding carboxylic acids is 1. The largest absolute Gasteiger partial charge is 0.459 e. The number of aliphatic hydroxyl groups is 2. The summed E-state index contributed by atoms with van der Waals surface area (Å²) in [5.41, 5.74) is 6.00. The van der Waals surface area contributed by atoms with Crippen LogP contribution in [0.2, 0.25) is 0 Å². The van der Waals surface area contributed by atoms with E-state index in [-0.39, 0.29) is 75.3 Å². The van der Waals surface area contributed by atoms with Crippen LogP contribution < -0.4 is 9.47 Å². The smallest absolute Gasteiger partial charge is 0.410 e. The Morgan fingerprint density at radius 2 is 1.58 bits per heavy atom. The molecule has 74 heavy (non-hydrogen) atoms. The van der Waals surface area contributed by atoms with Crippen molar-refractivity contribution in [2.24, 2.45) is 22.9 Å². The molecule has 2 N–H and O–H groups in total. The number of rotatable bonds is 23. The first-order valence-electron chi connectivity index (χ1n) is 25.5. The molecule has 6 aromatic rings. The average Bonchev–Trinajstić information content (AvgIpc) is 3.46. The normalized spacial score (nSPS) is 21.1. The van der Waals surface area contributed by atoms with Crippen LogP contribution in [0.1, 0.15) is 67.6 Å². The number of ether oxygens (including phenoxy) is 4. The minimum atomic E-state index is -1.57. The standard InChI is InChI=1S/C60H62ClN3O10/c1-2-34-71-60-56(63(59(67)70-35-31-61)39-46-18-12-17-44-15-6-7-19-50(44)46)38-54(62-72-40-41-21-25-47(26-22-41)64(68)69)52-36-45(16-8-10-32-65)51(20-9-11-33-66)57(58(52)60)53-37-49(29-30-55(53)74-60)73-48-27-23-43(24-28-48)42-13-4-3-5-14-42/h2-7,12-15,17-19,21-30,36-37,45,51,56-58,65-66H,1,8-11,16,20,31-35,38-40H2. The fraction of sp³-hybridized carbons (Fsp3) is 0.333. The maximum Gasteiger partial charge on any atom is 0.410 e. The van der Waals surface area contributed by atoms with E-state index in [1.54, 1.807) is 23.1 Å². The quantitative estimate of drug-likeness (QED) is 0.0208. The first-order valence-corrected chi connectivity index (χ1v) is 26.0. The molecule has 0 bridgehead atoms. The Kier molecular flexibility index (Phi) is 17.1. The number of amides is 1. The summed E-state index contributed by atoms with van der Waals surface area (Å²) in [6, 6.07) is 43.3. The molecule has 9 rings (SSSR count). The Labute approximate surface area is 436 Å². The number of oxime groups is 1. The number of allylic oxidation sites excluding steroid dienone is 1. The van der Waals surface area contributed by atoms with E-state index in [1.807, 2.05) is 97.1 Å². The summed E-state index contributed by atoms with van der Waals surface area (Å²) in [6.45, 7) is 4.33. The highest BCUT2D eigenvalue weighted by molar-refractivity contribution is 6.18. The zero-order chi connectivity index (χ0) is 51.4. The maximum atomic E-state index is 15.0. The van der Waals surface area contributed by atoms with Crippen molar-refractivity contribution in [3.8, 4) is 28.4 Å². The number of benzene rings is 6. The Balaban J connectivity index is 1.22. The molecule has 0 saturated heterocycles. The number of carbonyl (C=O) groups is 1. The number of nitro benzene ring substituents is 1. The molecule has 2 aliphatic carbocycles. The van der Waals surface area contributed by atoms with Gasteiger partial charge in [-0.15, -0.1) is 18.2 Å². The molecule has 1 fully saturated rings. The number of alkyl halides is 1. The Bertz CT molecular complexity index is 2940. The van der Waals surface area contributed by atoms with Gasteiger partial charge in [0, 0.05) is 43.2 Å². The molecule has 14 heteroatoms. The molecule has 3 aliphatic rings. The van der Waals surface area contributed by atoms with Crippen molar-refractivity contribution in [2.75, 3.05) is 32.3 Å². The van der Waals surface area contributed by atoms with E-state index in [0.717, 1.165) is 64.3 Å². The van der Waals surface area contributed by atoms with Crippen LogP contribution in [0.4, 0.5) is 10.5 Å². The lowest BCUT2D eigenvalue weighted by Crippen LogP contribution is -2.70. The van der Waals surface area contributed by atoms with Crippen LogP contribution >= 0.6 is 11.6 Å². The summed E-state index contributed by atoms with van der Waals surface area (Å²) in [5.74, 6) is -0.652. The monoisotopic (exact) mass is 1020 g/mol. The van der Waals surface area contributed by atoms with Crippen molar-refractivity contribution in [1.82, 2.24) is 4.90 Å². The first kappa shape index (κ1) is 51.9. The molecular formula is C60H62ClN3O10. The average molecular weight is 1020 g/mol. The van der Waals surface area contributed by atoms with Crippen molar-refractivity contribution in [2.45, 2.75) is 75.8 Å². The fourth-order valence-corrected chi connectivity index (χ4v) is 11.3. The SMILES string of the molecule is C=CCOC12Oc3ccc(Oc4ccc(-c5ccccc5)cc4)cc3C3C(CCCCO)C(CCCCO)C=C(C(=NOCc4ccc([N+](=O)[O-])cc4)CC1N(Cc1cccc4ccccc14)C(=O)OCCCl)C32. The van der Waals surface area contributed by atoms with E-state index in [9.17, 15) is 25.1 Å². The van der Waals surface area contributed by atoms with Gasteiger partial charge in [0.1, 0.15) is 36.5 Å². The lowest BCUT2D eigenvalue weighted by molar-refractivity contribution is -0.384. The second-order valence-corrected chi connectivity index (χ2v) is 19.4. The topological polar surface area (TPSA) is 162 Å². The van der Waals surface area contributed by atoms with Crippen molar-refractivity contribution in [3.63, 3.8) is 0 Å². The fourth-order valence-electron chi connectivity index (χ4n) is 11.2. The third kappa shape index (κ3) is 11.4. The van der Waals surface area contributed by atoms with Gasteiger partial charge in [-0.3, -0.25) is 15.0 Å². The number of unbranched alkanes of at least 4 members (excludes halogenated alkanes) is 2. The van der Waals surface area contributed by atoms with Gasteiger partial charge < -0.3 is 34.0 Å². The molecule has 0 aromatic heterocycles. The van der Waals surface area contributed by atoms with Gasteiger partial charge in [0.2, 0.25) is 5.79 Å². The van der Waals surface area contributed by atoms with Gasteiger partial charge >= 0.3 is 6.09 Å². The highest BCUT2D eigenvalue weighted by atomic mass is 35.5. The predicted molar refractivity (Wildman–Crippen MR) is 286 cm³/mol. The highest BCUT2D eigenvalue weighted by Gasteiger charge is 2.66. The molecular weight excluding hydrogens is 958 g/mol. The number of hydrogen-bond donors (Lipinski definition) is 2.